The first-order valence-corrected chi connectivity index (χ1v) is 13.2. The summed E-state index contributed by atoms with van der Waals surface area (Å²) >= 11 is 0. The highest BCUT2D eigenvalue weighted by molar-refractivity contribution is 7.92. The van der Waals surface area contributed by atoms with E-state index in [2.05, 4.69) is 29.0 Å². The molecule has 0 aromatic heterocycles. The molecule has 1 saturated heterocycles. The van der Waals surface area contributed by atoms with Crippen LogP contribution in [0.5, 0.6) is 0 Å². The Balaban J connectivity index is 1.46. The number of aryl methyl sites for hydroxylation is 3. The summed E-state index contributed by atoms with van der Waals surface area (Å²) in [6.45, 7) is 6.97. The van der Waals surface area contributed by atoms with Gasteiger partial charge in [-0.3, -0.25) is 9.52 Å². The van der Waals surface area contributed by atoms with Gasteiger partial charge in [-0.25, -0.2) is 8.42 Å². The van der Waals surface area contributed by atoms with Crippen LogP contribution in [0.4, 0.5) is 5.69 Å². The fraction of sp³-hybridized carbons (Fsp3) is 0.321. The molecule has 0 radical (unpaired) electrons. The van der Waals surface area contributed by atoms with Gasteiger partial charge < -0.3 is 4.90 Å². The van der Waals surface area contributed by atoms with Gasteiger partial charge in [-0.1, -0.05) is 54.1 Å². The maximum Gasteiger partial charge on any atom is 0.262 e. The van der Waals surface area contributed by atoms with E-state index in [-0.39, 0.29) is 10.8 Å². The van der Waals surface area contributed by atoms with Gasteiger partial charge in [-0.15, -0.1) is 0 Å². The van der Waals surface area contributed by atoms with Crippen molar-refractivity contribution in [3.05, 3.63) is 94.5 Å². The number of hydrogen-bond acceptors (Lipinski definition) is 3. The number of anilines is 1. The minimum Gasteiger partial charge on any atom is -0.339 e. The van der Waals surface area contributed by atoms with E-state index >= 15 is 0 Å². The number of nitrogens with one attached hydrogen (secondary N) is 1. The molecular weight excluding hydrogens is 444 g/mol. The molecule has 1 aliphatic rings. The highest BCUT2D eigenvalue weighted by atomic mass is 32.2. The summed E-state index contributed by atoms with van der Waals surface area (Å²) in [5.41, 5.74) is 4.81. The van der Waals surface area contributed by atoms with Gasteiger partial charge in [0.15, 0.2) is 0 Å². The van der Waals surface area contributed by atoms with Crippen LogP contribution in [-0.4, -0.2) is 32.3 Å². The van der Waals surface area contributed by atoms with Gasteiger partial charge in [0.2, 0.25) is 0 Å². The Morgan fingerprint density at radius 3 is 2.29 bits per heavy atom. The summed E-state index contributed by atoms with van der Waals surface area (Å²) in [6.07, 6.45) is 2.93. The van der Waals surface area contributed by atoms with Gasteiger partial charge in [0, 0.05) is 18.7 Å². The number of carbonyl (C=O) groups is 1. The van der Waals surface area contributed by atoms with Crippen molar-refractivity contribution >= 4 is 21.6 Å². The first-order chi connectivity index (χ1) is 16.2. The first-order valence-electron chi connectivity index (χ1n) is 11.8. The molecule has 3 aromatic rings. The summed E-state index contributed by atoms with van der Waals surface area (Å²) in [4.78, 5) is 15.2. The number of carbonyl (C=O) groups excluding carboxylic acids is 1. The van der Waals surface area contributed by atoms with E-state index in [0.29, 0.717) is 35.8 Å². The van der Waals surface area contributed by atoms with Crippen LogP contribution in [-0.2, 0) is 16.4 Å². The number of benzene rings is 3. The monoisotopic (exact) mass is 476 g/mol. The zero-order valence-electron chi connectivity index (χ0n) is 20.0. The van der Waals surface area contributed by atoms with Crippen LogP contribution in [0.1, 0.15) is 45.5 Å². The average molecular weight is 477 g/mol. The summed E-state index contributed by atoms with van der Waals surface area (Å²) in [6, 6.07) is 21.0. The summed E-state index contributed by atoms with van der Waals surface area (Å²) in [5, 5.41) is 0. The van der Waals surface area contributed by atoms with Crippen LogP contribution in [0.2, 0.25) is 0 Å². The third-order valence-corrected chi connectivity index (χ3v) is 8.13. The maximum atomic E-state index is 13.2. The fourth-order valence-corrected chi connectivity index (χ4v) is 6.02. The molecule has 0 saturated carbocycles. The normalized spacial score (nSPS) is 14.7. The number of likely N-dealkylation sites (tertiary alicyclic amines) is 1. The lowest BCUT2D eigenvalue weighted by atomic mass is 9.90. The SMILES string of the molecule is Cc1ccc(NS(=O)(=O)c2cc(C(=O)N3CCC(Cc4ccccc4)CC3)ccc2C)c(C)c1. The first kappa shape index (κ1) is 24.0. The Hall–Kier alpha value is -3.12. The minimum atomic E-state index is -3.83. The van der Waals surface area contributed by atoms with Crippen molar-refractivity contribution < 1.29 is 13.2 Å². The standard InChI is InChI=1S/C28H32N2O3S/c1-20-9-12-26(22(3)17-20)29-34(32,33)27-19-25(11-10-21(27)2)28(31)30-15-13-24(14-16-30)18-23-7-5-4-6-8-23/h4-12,17,19,24,29H,13-16,18H2,1-3H3. The predicted molar refractivity (Wildman–Crippen MR) is 137 cm³/mol. The molecule has 1 heterocycles. The third kappa shape index (κ3) is 5.50. The second-order valence-corrected chi connectivity index (χ2v) is 11.0. The third-order valence-electron chi connectivity index (χ3n) is 6.62. The zero-order valence-corrected chi connectivity index (χ0v) is 20.9. The average Bonchev–Trinajstić information content (AvgIpc) is 2.82. The molecule has 5 nitrogen and oxygen atoms in total. The summed E-state index contributed by atoms with van der Waals surface area (Å²) in [7, 11) is -3.83. The van der Waals surface area contributed by atoms with Crippen LogP contribution in [0, 0.1) is 26.7 Å². The molecule has 0 atom stereocenters. The quantitative estimate of drug-likeness (QED) is 0.510. The van der Waals surface area contributed by atoms with Crippen molar-refractivity contribution in [2.24, 2.45) is 5.92 Å². The predicted octanol–water partition coefficient (Wildman–Crippen LogP) is 5.51. The number of sulfonamides is 1. The van der Waals surface area contributed by atoms with E-state index in [0.717, 1.165) is 30.4 Å². The lowest BCUT2D eigenvalue weighted by Crippen LogP contribution is -2.39. The molecule has 1 aliphatic heterocycles. The van der Waals surface area contributed by atoms with E-state index in [4.69, 9.17) is 0 Å². The van der Waals surface area contributed by atoms with E-state index in [1.165, 1.54) is 11.6 Å². The molecule has 0 spiro atoms. The molecule has 1 fully saturated rings. The van der Waals surface area contributed by atoms with E-state index in [1.54, 1.807) is 25.1 Å². The highest BCUT2D eigenvalue weighted by Crippen LogP contribution is 2.26. The largest absolute Gasteiger partial charge is 0.339 e. The van der Waals surface area contributed by atoms with E-state index < -0.39 is 10.0 Å². The highest BCUT2D eigenvalue weighted by Gasteiger charge is 2.26. The van der Waals surface area contributed by atoms with Gasteiger partial charge in [-0.05, 0) is 80.8 Å². The van der Waals surface area contributed by atoms with Crippen molar-refractivity contribution in [3.8, 4) is 0 Å². The van der Waals surface area contributed by atoms with E-state index in [1.807, 2.05) is 36.9 Å². The van der Waals surface area contributed by atoms with E-state index in [9.17, 15) is 13.2 Å². The number of hydrogen-bond donors (Lipinski definition) is 1. The number of rotatable bonds is 6. The number of amides is 1. The zero-order chi connectivity index (χ0) is 24.3. The van der Waals surface area contributed by atoms with Crippen LogP contribution in [0.25, 0.3) is 0 Å². The lowest BCUT2D eigenvalue weighted by molar-refractivity contribution is 0.0690. The second kappa shape index (κ2) is 10.0. The van der Waals surface area contributed by atoms with Crippen LogP contribution >= 0.6 is 0 Å². The smallest absolute Gasteiger partial charge is 0.262 e. The molecule has 34 heavy (non-hydrogen) atoms. The topological polar surface area (TPSA) is 66.5 Å². The van der Waals surface area contributed by atoms with Gasteiger partial charge >= 0.3 is 0 Å². The van der Waals surface area contributed by atoms with Crippen LogP contribution in [0.3, 0.4) is 0 Å². The van der Waals surface area contributed by atoms with Gasteiger partial charge in [0.05, 0.1) is 10.6 Å². The molecule has 0 aliphatic carbocycles. The molecule has 0 bridgehead atoms. The minimum absolute atomic E-state index is 0.110. The van der Waals surface area contributed by atoms with Crippen LogP contribution < -0.4 is 4.72 Å². The van der Waals surface area contributed by atoms with Crippen molar-refractivity contribution in [1.82, 2.24) is 4.90 Å². The second-order valence-electron chi connectivity index (χ2n) is 9.33. The Labute approximate surface area is 202 Å². The number of nitrogens with zero attached hydrogens (tertiary/aromatic N) is 1. The maximum absolute atomic E-state index is 13.2. The number of piperidine rings is 1. The Bertz CT molecular complexity index is 1280. The van der Waals surface area contributed by atoms with Gasteiger partial charge in [0.25, 0.3) is 15.9 Å². The van der Waals surface area contributed by atoms with Crippen molar-refractivity contribution in [2.45, 2.75) is 44.9 Å². The summed E-state index contributed by atoms with van der Waals surface area (Å²) < 4.78 is 29.1. The van der Waals surface area contributed by atoms with Crippen molar-refractivity contribution in [1.29, 1.82) is 0 Å². The molecular formula is C28H32N2O3S. The molecule has 3 aromatic carbocycles. The Kier molecular flexibility index (Phi) is 7.08. The Morgan fingerprint density at radius 1 is 0.912 bits per heavy atom. The molecule has 178 valence electrons. The van der Waals surface area contributed by atoms with Crippen molar-refractivity contribution in [3.63, 3.8) is 0 Å². The molecule has 0 unspecified atom stereocenters. The van der Waals surface area contributed by atoms with Gasteiger partial charge in [-0.2, -0.15) is 0 Å². The van der Waals surface area contributed by atoms with Crippen molar-refractivity contribution in [2.75, 3.05) is 17.8 Å². The Morgan fingerprint density at radius 2 is 1.62 bits per heavy atom. The molecule has 6 heteroatoms. The molecule has 4 rings (SSSR count). The van der Waals surface area contributed by atoms with Crippen LogP contribution in [0.15, 0.2) is 71.6 Å². The van der Waals surface area contributed by atoms with Gasteiger partial charge in [0.1, 0.15) is 0 Å². The molecule has 1 amide bonds. The lowest BCUT2D eigenvalue weighted by Gasteiger charge is -2.32. The summed E-state index contributed by atoms with van der Waals surface area (Å²) in [5.74, 6) is 0.448. The molecule has 1 N–H and O–H groups in total. The fourth-order valence-electron chi connectivity index (χ4n) is 4.62.